The minimum atomic E-state index is -4.55. The van der Waals surface area contributed by atoms with Crippen molar-refractivity contribution in [1.82, 2.24) is 9.62 Å². The van der Waals surface area contributed by atoms with Crippen LogP contribution in [0.25, 0.3) is 0 Å². The van der Waals surface area contributed by atoms with Gasteiger partial charge in [-0.1, -0.05) is 11.6 Å². The first-order valence-electron chi connectivity index (χ1n) is 11.4. The minimum Gasteiger partial charge on any atom is -0.481 e. The fraction of sp³-hybridized carbons (Fsp3) is 0.391. The highest BCUT2D eigenvalue weighted by molar-refractivity contribution is 7.89. The van der Waals surface area contributed by atoms with Crippen LogP contribution in [0.2, 0.25) is 5.02 Å². The number of aliphatic carboxylic acids is 1. The predicted molar refractivity (Wildman–Crippen MR) is 132 cm³/mol. The highest BCUT2D eigenvalue weighted by atomic mass is 35.5. The van der Waals surface area contributed by atoms with Crippen LogP contribution in [0.3, 0.4) is 0 Å². The van der Waals surface area contributed by atoms with Gasteiger partial charge in [-0.15, -0.1) is 0 Å². The summed E-state index contributed by atoms with van der Waals surface area (Å²) in [6.45, 7) is 0.803. The monoisotopic (exact) mass is 562 g/mol. The number of hydrogen-bond donors (Lipinski definition) is 3. The van der Waals surface area contributed by atoms with Gasteiger partial charge in [0.15, 0.2) is 0 Å². The fourth-order valence-corrected chi connectivity index (χ4v) is 5.40. The lowest BCUT2D eigenvalue weighted by Crippen LogP contribution is -2.48. The molecule has 0 radical (unpaired) electrons. The van der Waals surface area contributed by atoms with E-state index in [4.69, 9.17) is 16.7 Å². The van der Waals surface area contributed by atoms with E-state index in [-0.39, 0.29) is 48.2 Å². The molecule has 9 nitrogen and oxygen atoms in total. The minimum absolute atomic E-state index is 0.0164. The predicted octanol–water partition coefficient (Wildman–Crippen LogP) is 4.25. The summed E-state index contributed by atoms with van der Waals surface area (Å²) in [5.74, 6) is -0.901. The number of rotatable bonds is 9. The Bertz CT molecular complexity index is 1220. The Morgan fingerprint density at radius 3 is 2.24 bits per heavy atom. The summed E-state index contributed by atoms with van der Waals surface area (Å²) in [6.07, 6.45) is -3.59. The van der Waals surface area contributed by atoms with Crippen LogP contribution >= 0.6 is 11.6 Å². The molecule has 1 saturated heterocycles. The standard InChI is InChI=1S/C23H26ClF3N4O5S/c24-17-13-16(23(25,26)27)14-19(15-17)30-9-11-31(12-10-30)37(35,36)20-6-4-18(5-7-20)29-22(34)28-8-2-1-3-21(32)33/h4-7,13-15H,1-3,8-12H2,(H,32,33)(H2,28,29,34). The second kappa shape index (κ2) is 12.0. The van der Waals surface area contributed by atoms with Crippen molar-refractivity contribution in [2.45, 2.75) is 30.3 Å². The second-order valence-electron chi connectivity index (χ2n) is 8.34. The molecule has 0 saturated carbocycles. The zero-order valence-electron chi connectivity index (χ0n) is 19.6. The molecule has 2 aromatic rings. The van der Waals surface area contributed by atoms with Crippen LogP contribution in [0.1, 0.15) is 24.8 Å². The van der Waals surface area contributed by atoms with Crippen LogP contribution in [0.5, 0.6) is 0 Å². The summed E-state index contributed by atoms with van der Waals surface area (Å²) in [4.78, 5) is 24.1. The van der Waals surface area contributed by atoms with Crippen LogP contribution in [-0.2, 0) is 21.0 Å². The van der Waals surface area contributed by atoms with Gasteiger partial charge in [0.05, 0.1) is 10.5 Å². The Morgan fingerprint density at radius 2 is 1.65 bits per heavy atom. The normalized spacial score (nSPS) is 14.9. The molecule has 0 spiro atoms. The zero-order valence-corrected chi connectivity index (χ0v) is 21.2. The van der Waals surface area contributed by atoms with Crippen molar-refractivity contribution in [3.63, 3.8) is 0 Å². The number of nitrogens with zero attached hydrogens (tertiary/aromatic N) is 2. The van der Waals surface area contributed by atoms with Gasteiger partial charge in [0.1, 0.15) is 0 Å². The Balaban J connectivity index is 1.55. The zero-order chi connectivity index (χ0) is 27.2. The van der Waals surface area contributed by atoms with Gasteiger partial charge in [0, 0.05) is 55.5 Å². The first kappa shape index (κ1) is 28.5. The summed E-state index contributed by atoms with van der Waals surface area (Å²) in [5, 5.41) is 13.7. The Hall–Kier alpha value is -3.03. The smallest absolute Gasteiger partial charge is 0.416 e. The molecular formula is C23H26ClF3N4O5S. The lowest BCUT2D eigenvalue weighted by atomic mass is 10.1. The van der Waals surface area contributed by atoms with E-state index in [1.807, 2.05) is 0 Å². The van der Waals surface area contributed by atoms with Crippen LogP contribution in [0, 0.1) is 0 Å². The highest BCUT2D eigenvalue weighted by Gasteiger charge is 2.33. The molecule has 0 unspecified atom stereocenters. The third-order valence-corrected chi connectivity index (χ3v) is 7.80. The molecule has 1 fully saturated rings. The molecule has 37 heavy (non-hydrogen) atoms. The molecule has 0 aliphatic carbocycles. The van der Waals surface area contributed by atoms with Crippen LogP contribution in [0.15, 0.2) is 47.4 Å². The summed E-state index contributed by atoms with van der Waals surface area (Å²) >= 11 is 5.87. The largest absolute Gasteiger partial charge is 0.481 e. The number of hydrogen-bond acceptors (Lipinski definition) is 5. The number of carboxylic acid groups (broad SMARTS) is 1. The lowest BCUT2D eigenvalue weighted by Gasteiger charge is -2.35. The maximum Gasteiger partial charge on any atom is 0.416 e. The van der Waals surface area contributed by atoms with Crippen molar-refractivity contribution in [3.8, 4) is 0 Å². The number of unbranched alkanes of at least 4 members (excludes halogenated alkanes) is 1. The summed E-state index contributed by atoms with van der Waals surface area (Å²) in [7, 11) is -3.86. The van der Waals surface area contributed by atoms with Crippen molar-refractivity contribution < 1.29 is 36.3 Å². The van der Waals surface area contributed by atoms with Gasteiger partial charge < -0.3 is 20.6 Å². The molecule has 3 rings (SSSR count). The number of amides is 2. The van der Waals surface area contributed by atoms with Gasteiger partial charge in [-0.25, -0.2) is 13.2 Å². The average Bonchev–Trinajstić information content (AvgIpc) is 2.83. The molecule has 3 N–H and O–H groups in total. The summed E-state index contributed by atoms with van der Waals surface area (Å²) in [5.41, 5.74) is -0.230. The van der Waals surface area contributed by atoms with Crippen LogP contribution < -0.4 is 15.5 Å². The van der Waals surface area contributed by atoms with E-state index in [1.54, 1.807) is 4.90 Å². The maximum atomic E-state index is 13.1. The van der Waals surface area contributed by atoms with Crippen molar-refractivity contribution in [3.05, 3.63) is 53.1 Å². The number of alkyl halides is 3. The Labute approximate surface area is 217 Å². The van der Waals surface area contributed by atoms with Crippen molar-refractivity contribution in [2.24, 2.45) is 0 Å². The number of sulfonamides is 1. The molecule has 202 valence electrons. The number of piperazine rings is 1. The maximum absolute atomic E-state index is 13.1. The number of carbonyl (C=O) groups is 2. The van der Waals surface area contributed by atoms with Crippen LogP contribution in [-0.4, -0.2) is 62.6 Å². The number of benzene rings is 2. The van der Waals surface area contributed by atoms with E-state index in [2.05, 4.69) is 10.6 Å². The van der Waals surface area contributed by atoms with Gasteiger partial charge >= 0.3 is 18.2 Å². The number of carbonyl (C=O) groups excluding carboxylic acids is 1. The molecular weight excluding hydrogens is 537 g/mol. The van der Waals surface area contributed by atoms with Crippen molar-refractivity contribution in [1.29, 1.82) is 0 Å². The summed E-state index contributed by atoms with van der Waals surface area (Å²) < 4.78 is 66.7. The number of urea groups is 1. The SMILES string of the molecule is O=C(O)CCCCNC(=O)Nc1ccc(S(=O)(=O)N2CCN(c3cc(Cl)cc(C(F)(F)F)c3)CC2)cc1. The number of carboxylic acids is 1. The second-order valence-corrected chi connectivity index (χ2v) is 10.7. The third-order valence-electron chi connectivity index (χ3n) is 5.67. The topological polar surface area (TPSA) is 119 Å². The molecule has 14 heteroatoms. The van der Waals surface area contributed by atoms with E-state index in [9.17, 15) is 31.2 Å². The number of nitrogens with one attached hydrogen (secondary N) is 2. The number of anilines is 2. The quantitative estimate of drug-likeness (QED) is 0.393. The molecule has 0 atom stereocenters. The molecule has 2 amide bonds. The van der Waals surface area contributed by atoms with Crippen LogP contribution in [0.4, 0.5) is 29.3 Å². The van der Waals surface area contributed by atoms with Gasteiger partial charge in [0.2, 0.25) is 10.0 Å². The van der Waals surface area contributed by atoms with E-state index in [1.165, 1.54) is 34.6 Å². The average molecular weight is 563 g/mol. The van der Waals surface area contributed by atoms with Crippen molar-refractivity contribution >= 4 is 45.0 Å². The molecule has 2 aromatic carbocycles. The first-order chi connectivity index (χ1) is 17.4. The molecule has 1 heterocycles. The highest BCUT2D eigenvalue weighted by Crippen LogP contribution is 2.35. The first-order valence-corrected chi connectivity index (χ1v) is 13.2. The Morgan fingerprint density at radius 1 is 1.00 bits per heavy atom. The fourth-order valence-electron chi connectivity index (χ4n) is 3.74. The van der Waals surface area contributed by atoms with E-state index < -0.39 is 33.8 Å². The van der Waals surface area contributed by atoms with Gasteiger partial charge in [-0.2, -0.15) is 17.5 Å². The van der Waals surface area contributed by atoms with E-state index >= 15 is 0 Å². The molecule has 0 bridgehead atoms. The lowest BCUT2D eigenvalue weighted by molar-refractivity contribution is -0.138. The molecule has 1 aliphatic rings. The van der Waals surface area contributed by atoms with Gasteiger partial charge in [-0.3, -0.25) is 4.79 Å². The summed E-state index contributed by atoms with van der Waals surface area (Å²) in [6, 6.07) is 8.35. The number of halogens is 4. The molecule has 1 aliphatic heterocycles. The van der Waals surface area contributed by atoms with Crippen molar-refractivity contribution in [2.75, 3.05) is 42.9 Å². The molecule has 0 aromatic heterocycles. The van der Waals surface area contributed by atoms with Gasteiger partial charge in [-0.05, 0) is 55.3 Å². The third kappa shape index (κ3) is 7.98. The van der Waals surface area contributed by atoms with E-state index in [0.29, 0.717) is 25.1 Å². The van der Waals surface area contributed by atoms with Gasteiger partial charge in [0.25, 0.3) is 0 Å². The van der Waals surface area contributed by atoms with E-state index in [0.717, 1.165) is 12.1 Å². The Kier molecular flexibility index (Phi) is 9.26.